The highest BCUT2D eigenvalue weighted by Crippen LogP contribution is 2.51. The molecule has 0 unspecified atom stereocenters. The molecule has 1 saturated heterocycles. The number of β-amino-alcohol motifs (C(OH)–C–C–N with tert-alkyl or cyclic N) is 1. The number of aryl methyl sites for hydroxylation is 1. The summed E-state index contributed by atoms with van der Waals surface area (Å²) in [5, 5.41) is 10.9. The van der Waals surface area contributed by atoms with E-state index in [0.717, 1.165) is 80.7 Å². The largest absolute Gasteiger partial charge is 0.395 e. The lowest BCUT2D eigenvalue weighted by molar-refractivity contribution is 0.294. The number of aliphatic hydroxyl groups is 1. The molecule has 8 heteroatoms. The van der Waals surface area contributed by atoms with Gasteiger partial charge in [-0.25, -0.2) is 4.98 Å². The Kier molecular flexibility index (Phi) is 5.20. The van der Waals surface area contributed by atoms with E-state index in [4.69, 9.17) is 28.2 Å². The van der Waals surface area contributed by atoms with Crippen molar-refractivity contribution in [2.24, 2.45) is 0 Å². The molecule has 1 fully saturated rings. The fraction of sp³-hybridized carbons (Fsp3) is 0.545. The summed E-state index contributed by atoms with van der Waals surface area (Å²) in [7, 11) is 0. The molecule has 30 heavy (non-hydrogen) atoms. The van der Waals surface area contributed by atoms with E-state index in [-0.39, 0.29) is 17.6 Å². The number of halogens is 2. The molecule has 0 atom stereocenters. The normalized spacial score (nSPS) is 19.8. The van der Waals surface area contributed by atoms with E-state index >= 15 is 0 Å². The lowest BCUT2D eigenvalue weighted by Crippen LogP contribution is -2.46. The van der Waals surface area contributed by atoms with Crippen LogP contribution in [0.3, 0.4) is 0 Å². The Morgan fingerprint density at radius 1 is 1.17 bits per heavy atom. The second-order valence-corrected chi connectivity index (χ2v) is 9.56. The molecule has 2 N–H and O–H groups in total. The summed E-state index contributed by atoms with van der Waals surface area (Å²) in [6.07, 6.45) is 5.71. The van der Waals surface area contributed by atoms with Gasteiger partial charge in [-0.15, -0.1) is 0 Å². The number of nitrogens with zero attached hydrogens (tertiary/aromatic N) is 3. The molecule has 0 radical (unpaired) electrons. The number of hydrogen-bond donors (Lipinski definition) is 2. The minimum atomic E-state index is -0.0722. The van der Waals surface area contributed by atoms with Crippen LogP contribution in [0.2, 0.25) is 10.0 Å². The van der Waals surface area contributed by atoms with Crippen molar-refractivity contribution in [2.75, 3.05) is 42.6 Å². The number of nitrogens with one attached hydrogen (secondary N) is 1. The maximum Gasteiger partial charge on any atom is 0.255 e. The number of aromatic nitrogens is 2. The zero-order valence-corrected chi connectivity index (χ0v) is 18.4. The van der Waals surface area contributed by atoms with Crippen molar-refractivity contribution in [1.82, 2.24) is 9.97 Å². The van der Waals surface area contributed by atoms with Gasteiger partial charge in [0.25, 0.3) is 5.56 Å². The first-order valence-electron chi connectivity index (χ1n) is 10.7. The van der Waals surface area contributed by atoms with Crippen molar-refractivity contribution < 1.29 is 5.11 Å². The first kappa shape index (κ1) is 20.2. The molecule has 1 aromatic carbocycles. The van der Waals surface area contributed by atoms with Crippen molar-refractivity contribution in [2.45, 2.75) is 43.9 Å². The maximum absolute atomic E-state index is 12.5. The molecular weight excluding hydrogens is 423 g/mol. The summed E-state index contributed by atoms with van der Waals surface area (Å²) in [4.78, 5) is 24.8. The van der Waals surface area contributed by atoms with Crippen LogP contribution in [0.25, 0.3) is 0 Å². The number of fused-ring (bicyclic) bond motifs is 3. The molecule has 3 heterocycles. The predicted molar refractivity (Wildman–Crippen MR) is 120 cm³/mol. The van der Waals surface area contributed by atoms with Crippen LogP contribution in [0.5, 0.6) is 0 Å². The van der Waals surface area contributed by atoms with E-state index < -0.39 is 0 Å². The number of aliphatic hydroxyl groups excluding tert-OH is 1. The molecule has 0 saturated carbocycles. The average molecular weight is 449 g/mol. The Morgan fingerprint density at radius 2 is 1.93 bits per heavy atom. The van der Waals surface area contributed by atoms with Gasteiger partial charge in [-0.1, -0.05) is 23.2 Å². The Labute approximate surface area is 185 Å². The van der Waals surface area contributed by atoms with Crippen LogP contribution in [0.4, 0.5) is 11.6 Å². The zero-order valence-electron chi connectivity index (χ0n) is 16.9. The minimum Gasteiger partial charge on any atom is -0.395 e. The number of anilines is 2. The molecular formula is C22H26Cl2N4O2. The Morgan fingerprint density at radius 3 is 2.70 bits per heavy atom. The zero-order chi connectivity index (χ0) is 20.9. The summed E-state index contributed by atoms with van der Waals surface area (Å²) in [6.45, 7) is 3.08. The van der Waals surface area contributed by atoms with Crippen LogP contribution in [0.15, 0.2) is 16.9 Å². The van der Waals surface area contributed by atoms with Crippen LogP contribution >= 0.6 is 23.2 Å². The number of benzene rings is 1. The van der Waals surface area contributed by atoms with Crippen molar-refractivity contribution in [3.05, 3.63) is 49.4 Å². The maximum atomic E-state index is 12.5. The highest BCUT2D eigenvalue weighted by Gasteiger charge is 2.46. The molecule has 0 amide bonds. The fourth-order valence-corrected chi connectivity index (χ4v) is 6.16. The third-order valence-corrected chi connectivity index (χ3v) is 7.48. The van der Waals surface area contributed by atoms with Crippen LogP contribution in [0.1, 0.15) is 42.5 Å². The molecule has 1 aliphatic carbocycles. The second-order valence-electron chi connectivity index (χ2n) is 8.72. The number of piperidine rings is 1. The molecule has 6 nitrogen and oxygen atoms in total. The summed E-state index contributed by atoms with van der Waals surface area (Å²) in [6, 6.07) is 3.78. The fourth-order valence-electron chi connectivity index (χ4n) is 5.48. The number of rotatable bonds is 3. The summed E-state index contributed by atoms with van der Waals surface area (Å²) in [5.41, 5.74) is 3.97. The van der Waals surface area contributed by atoms with E-state index in [1.807, 2.05) is 12.1 Å². The van der Waals surface area contributed by atoms with Gasteiger partial charge < -0.3 is 14.9 Å². The van der Waals surface area contributed by atoms with E-state index in [1.165, 1.54) is 0 Å². The van der Waals surface area contributed by atoms with Gasteiger partial charge in [0.05, 0.1) is 12.3 Å². The number of H-pyrrole nitrogens is 1. The molecule has 1 spiro atoms. The summed E-state index contributed by atoms with van der Waals surface area (Å²) >= 11 is 12.9. The van der Waals surface area contributed by atoms with Crippen LogP contribution < -0.4 is 15.4 Å². The molecule has 3 aliphatic rings. The number of hydrogen-bond acceptors (Lipinski definition) is 5. The molecule has 0 bridgehead atoms. The van der Waals surface area contributed by atoms with Gasteiger partial charge in [0.2, 0.25) is 5.95 Å². The Hall–Kier alpha value is -1.76. The van der Waals surface area contributed by atoms with Gasteiger partial charge in [-0.05, 0) is 50.7 Å². The minimum absolute atomic E-state index is 0.0213. The van der Waals surface area contributed by atoms with Crippen LogP contribution in [-0.4, -0.2) is 47.9 Å². The Bertz CT molecular complexity index is 1030. The van der Waals surface area contributed by atoms with Crippen molar-refractivity contribution in [3.8, 4) is 0 Å². The standard InChI is InChI=1S/C22H26Cl2N4O2/c23-14-11-16(24)19-18(12-14)28(9-10-29)13-22(19)5-7-27(8-6-22)21-25-17-4-2-1-3-15(17)20(30)26-21/h11-12,29H,1-10,13H2,(H,25,26,30). The van der Waals surface area contributed by atoms with Crippen molar-refractivity contribution >= 4 is 34.8 Å². The van der Waals surface area contributed by atoms with E-state index in [9.17, 15) is 9.90 Å². The molecule has 160 valence electrons. The average Bonchev–Trinajstić information content (AvgIpc) is 3.02. The summed E-state index contributed by atoms with van der Waals surface area (Å²) in [5.74, 6) is 0.697. The van der Waals surface area contributed by atoms with E-state index in [0.29, 0.717) is 22.5 Å². The molecule has 2 aliphatic heterocycles. The quantitative estimate of drug-likeness (QED) is 0.753. The predicted octanol–water partition coefficient (Wildman–Crippen LogP) is 3.31. The smallest absolute Gasteiger partial charge is 0.255 e. The topological polar surface area (TPSA) is 72.5 Å². The monoisotopic (exact) mass is 448 g/mol. The SMILES string of the molecule is O=c1[nH]c(N2CCC3(CC2)CN(CCO)c2cc(Cl)cc(Cl)c23)nc2c1CCCC2. The van der Waals surface area contributed by atoms with Crippen LogP contribution in [-0.2, 0) is 18.3 Å². The van der Waals surface area contributed by atoms with Gasteiger partial charge >= 0.3 is 0 Å². The van der Waals surface area contributed by atoms with Gasteiger partial charge in [-0.3, -0.25) is 9.78 Å². The van der Waals surface area contributed by atoms with Crippen molar-refractivity contribution in [3.63, 3.8) is 0 Å². The molecule has 1 aromatic heterocycles. The highest BCUT2D eigenvalue weighted by molar-refractivity contribution is 6.36. The third kappa shape index (κ3) is 3.29. The highest BCUT2D eigenvalue weighted by atomic mass is 35.5. The number of aromatic amines is 1. The van der Waals surface area contributed by atoms with Gasteiger partial charge in [0.15, 0.2) is 0 Å². The van der Waals surface area contributed by atoms with Gasteiger partial charge in [0.1, 0.15) is 0 Å². The summed E-state index contributed by atoms with van der Waals surface area (Å²) < 4.78 is 0. The van der Waals surface area contributed by atoms with E-state index in [2.05, 4.69) is 14.8 Å². The molecule has 5 rings (SSSR count). The third-order valence-electron chi connectivity index (χ3n) is 6.97. The van der Waals surface area contributed by atoms with Gasteiger partial charge in [0, 0.05) is 58.5 Å². The van der Waals surface area contributed by atoms with Crippen LogP contribution in [0, 0.1) is 0 Å². The van der Waals surface area contributed by atoms with Crippen molar-refractivity contribution in [1.29, 1.82) is 0 Å². The first-order chi connectivity index (χ1) is 14.5. The second kappa shape index (κ2) is 7.74. The van der Waals surface area contributed by atoms with E-state index in [1.54, 1.807) is 0 Å². The molecule has 2 aromatic rings. The first-order valence-corrected chi connectivity index (χ1v) is 11.5. The Balaban J connectivity index is 1.42. The lowest BCUT2D eigenvalue weighted by Gasteiger charge is -2.40. The lowest BCUT2D eigenvalue weighted by atomic mass is 9.74. The van der Waals surface area contributed by atoms with Gasteiger partial charge in [-0.2, -0.15) is 0 Å².